The third kappa shape index (κ3) is 4.46. The molecule has 2 aromatic rings. The van der Waals surface area contributed by atoms with Gasteiger partial charge in [-0.3, -0.25) is 4.79 Å². The van der Waals surface area contributed by atoms with Crippen LogP contribution in [0.15, 0.2) is 42.5 Å². The van der Waals surface area contributed by atoms with Crippen LogP contribution in [0.3, 0.4) is 0 Å². The summed E-state index contributed by atoms with van der Waals surface area (Å²) >= 11 is 11.9. The third-order valence-electron chi connectivity index (χ3n) is 3.10. The summed E-state index contributed by atoms with van der Waals surface area (Å²) in [5.41, 5.74) is 2.20. The first kappa shape index (κ1) is 15.8. The van der Waals surface area contributed by atoms with Gasteiger partial charge in [0.05, 0.1) is 6.61 Å². The Hall–Kier alpha value is -1.55. The zero-order valence-electron chi connectivity index (χ0n) is 11.3. The van der Waals surface area contributed by atoms with E-state index in [1.165, 1.54) is 0 Å². The molecule has 110 valence electrons. The highest BCUT2D eigenvalue weighted by molar-refractivity contribution is 6.35. The topological polar surface area (TPSA) is 49.3 Å². The smallest absolute Gasteiger partial charge is 0.224 e. The fraction of sp³-hybridized carbons (Fsp3) is 0.188. The lowest BCUT2D eigenvalue weighted by Crippen LogP contribution is -2.13. The van der Waals surface area contributed by atoms with Crippen molar-refractivity contribution in [1.29, 1.82) is 0 Å². The molecule has 0 atom stereocenters. The van der Waals surface area contributed by atoms with Crippen LogP contribution >= 0.6 is 23.2 Å². The summed E-state index contributed by atoms with van der Waals surface area (Å²) in [6, 6.07) is 12.4. The molecule has 2 N–H and O–H groups in total. The molecule has 0 aliphatic heterocycles. The highest BCUT2D eigenvalue weighted by Crippen LogP contribution is 2.22. The van der Waals surface area contributed by atoms with Crippen molar-refractivity contribution in [3.63, 3.8) is 0 Å². The lowest BCUT2D eigenvalue weighted by molar-refractivity contribution is -0.116. The minimum Gasteiger partial charge on any atom is -0.392 e. The van der Waals surface area contributed by atoms with E-state index in [2.05, 4.69) is 5.32 Å². The van der Waals surface area contributed by atoms with Gasteiger partial charge >= 0.3 is 0 Å². The Balaban J connectivity index is 1.96. The van der Waals surface area contributed by atoms with Gasteiger partial charge in [-0.05, 0) is 30.2 Å². The van der Waals surface area contributed by atoms with Crippen molar-refractivity contribution < 1.29 is 9.90 Å². The van der Waals surface area contributed by atoms with Gasteiger partial charge in [-0.15, -0.1) is 0 Å². The molecule has 0 aliphatic rings. The highest BCUT2D eigenvalue weighted by atomic mass is 35.5. The van der Waals surface area contributed by atoms with E-state index in [1.54, 1.807) is 24.3 Å². The molecule has 2 rings (SSSR count). The average molecular weight is 324 g/mol. The monoisotopic (exact) mass is 323 g/mol. The van der Waals surface area contributed by atoms with Gasteiger partial charge in [0.15, 0.2) is 0 Å². The maximum atomic E-state index is 12.0. The molecule has 1 amide bonds. The van der Waals surface area contributed by atoms with Gasteiger partial charge in [0.25, 0.3) is 0 Å². The zero-order valence-corrected chi connectivity index (χ0v) is 12.8. The molecule has 2 aromatic carbocycles. The van der Waals surface area contributed by atoms with Crippen LogP contribution in [0.25, 0.3) is 0 Å². The predicted octanol–water partition coefficient (Wildman–Crippen LogP) is 4.06. The van der Waals surface area contributed by atoms with Crippen molar-refractivity contribution in [2.75, 3.05) is 5.32 Å². The number of para-hydroxylation sites is 1. The highest BCUT2D eigenvalue weighted by Gasteiger charge is 2.08. The molecule has 0 saturated carbocycles. The number of carbonyl (C=O) groups excluding carboxylic acids is 1. The molecule has 0 aromatic heterocycles. The quantitative estimate of drug-likeness (QED) is 0.871. The first-order valence-electron chi connectivity index (χ1n) is 6.52. The molecule has 0 heterocycles. The Morgan fingerprint density at radius 3 is 2.57 bits per heavy atom. The Morgan fingerprint density at radius 2 is 1.86 bits per heavy atom. The van der Waals surface area contributed by atoms with Gasteiger partial charge in [0.1, 0.15) is 0 Å². The molecule has 5 heteroatoms. The van der Waals surface area contributed by atoms with Crippen LogP contribution in [0, 0.1) is 0 Å². The van der Waals surface area contributed by atoms with E-state index in [0.717, 1.165) is 5.56 Å². The maximum Gasteiger partial charge on any atom is 0.224 e. The number of carbonyl (C=O) groups is 1. The number of nitrogens with one attached hydrogen (secondary N) is 1. The molecule has 0 unspecified atom stereocenters. The second-order valence-electron chi connectivity index (χ2n) is 4.60. The number of benzene rings is 2. The molecule has 0 spiro atoms. The summed E-state index contributed by atoms with van der Waals surface area (Å²) in [6.45, 7) is -0.112. The molecule has 0 radical (unpaired) electrons. The number of aliphatic hydroxyl groups is 1. The minimum absolute atomic E-state index is 0.112. The van der Waals surface area contributed by atoms with Crippen molar-refractivity contribution in [3.8, 4) is 0 Å². The first-order valence-corrected chi connectivity index (χ1v) is 7.28. The second-order valence-corrected chi connectivity index (χ2v) is 5.44. The maximum absolute atomic E-state index is 12.0. The lowest BCUT2D eigenvalue weighted by Gasteiger charge is -2.09. The van der Waals surface area contributed by atoms with Crippen molar-refractivity contribution in [2.45, 2.75) is 19.4 Å². The SMILES string of the molecule is O=C(CCc1ccc(Cl)cc1Cl)Nc1ccccc1CO. The summed E-state index contributed by atoms with van der Waals surface area (Å²) in [5.74, 6) is -0.123. The van der Waals surface area contributed by atoms with Gasteiger partial charge in [-0.1, -0.05) is 47.5 Å². The molecule has 0 saturated heterocycles. The van der Waals surface area contributed by atoms with E-state index < -0.39 is 0 Å². The lowest BCUT2D eigenvalue weighted by atomic mass is 10.1. The Labute approximate surface area is 133 Å². The number of rotatable bonds is 5. The van der Waals surface area contributed by atoms with Crippen LogP contribution in [-0.4, -0.2) is 11.0 Å². The van der Waals surface area contributed by atoms with Gasteiger partial charge in [0, 0.05) is 27.7 Å². The minimum atomic E-state index is -0.123. The van der Waals surface area contributed by atoms with Crippen LogP contribution in [0.1, 0.15) is 17.5 Å². The summed E-state index contributed by atoms with van der Waals surface area (Å²) in [5, 5.41) is 13.2. The molecular weight excluding hydrogens is 309 g/mol. The van der Waals surface area contributed by atoms with Crippen molar-refractivity contribution in [2.24, 2.45) is 0 Å². The van der Waals surface area contributed by atoms with Crippen LogP contribution < -0.4 is 5.32 Å². The molecule has 0 fully saturated rings. The normalized spacial score (nSPS) is 10.4. The van der Waals surface area contributed by atoms with Gasteiger partial charge in [-0.25, -0.2) is 0 Å². The van der Waals surface area contributed by atoms with E-state index in [9.17, 15) is 9.90 Å². The number of amides is 1. The number of hydrogen-bond acceptors (Lipinski definition) is 2. The molecular formula is C16H15Cl2NO2. The standard InChI is InChI=1S/C16H15Cl2NO2/c17-13-7-5-11(14(18)9-13)6-8-16(21)19-15-4-2-1-3-12(15)10-20/h1-5,7,9,20H,6,8,10H2,(H,19,21). The van der Waals surface area contributed by atoms with Gasteiger partial charge in [-0.2, -0.15) is 0 Å². The second kappa shape index (κ2) is 7.46. The van der Waals surface area contributed by atoms with Gasteiger partial charge < -0.3 is 10.4 Å². The summed E-state index contributed by atoms with van der Waals surface area (Å²) in [6.07, 6.45) is 0.838. The number of anilines is 1. The van der Waals surface area contributed by atoms with Crippen LogP contribution in [0.4, 0.5) is 5.69 Å². The van der Waals surface area contributed by atoms with Crippen molar-refractivity contribution >= 4 is 34.8 Å². The van der Waals surface area contributed by atoms with E-state index >= 15 is 0 Å². The Morgan fingerprint density at radius 1 is 1.10 bits per heavy atom. The number of aryl methyl sites for hydroxylation is 1. The van der Waals surface area contributed by atoms with Crippen LogP contribution in [-0.2, 0) is 17.8 Å². The van der Waals surface area contributed by atoms with Crippen molar-refractivity contribution in [3.05, 3.63) is 63.6 Å². The average Bonchev–Trinajstić information content (AvgIpc) is 2.47. The number of aliphatic hydroxyl groups excluding tert-OH is 1. The molecule has 0 aliphatic carbocycles. The van der Waals surface area contributed by atoms with Crippen LogP contribution in [0.2, 0.25) is 10.0 Å². The van der Waals surface area contributed by atoms with E-state index in [4.69, 9.17) is 23.2 Å². The van der Waals surface area contributed by atoms with E-state index in [0.29, 0.717) is 34.1 Å². The van der Waals surface area contributed by atoms with E-state index in [-0.39, 0.29) is 12.5 Å². The molecule has 21 heavy (non-hydrogen) atoms. The third-order valence-corrected chi connectivity index (χ3v) is 3.69. The summed E-state index contributed by atoms with van der Waals surface area (Å²) in [7, 11) is 0. The predicted molar refractivity (Wildman–Crippen MR) is 85.8 cm³/mol. The van der Waals surface area contributed by atoms with Crippen LogP contribution in [0.5, 0.6) is 0 Å². The van der Waals surface area contributed by atoms with E-state index in [1.807, 2.05) is 18.2 Å². The summed E-state index contributed by atoms with van der Waals surface area (Å²) < 4.78 is 0. The largest absolute Gasteiger partial charge is 0.392 e. The fourth-order valence-corrected chi connectivity index (χ4v) is 2.47. The Bertz CT molecular complexity index is 644. The molecule has 0 bridgehead atoms. The first-order chi connectivity index (χ1) is 10.1. The van der Waals surface area contributed by atoms with Crippen molar-refractivity contribution in [1.82, 2.24) is 0 Å². The molecule has 3 nitrogen and oxygen atoms in total. The fourth-order valence-electron chi connectivity index (χ4n) is 1.97. The summed E-state index contributed by atoms with van der Waals surface area (Å²) in [4.78, 5) is 12.0. The number of halogens is 2. The number of hydrogen-bond donors (Lipinski definition) is 2. The zero-order chi connectivity index (χ0) is 15.2. The Kier molecular flexibility index (Phi) is 5.62. The van der Waals surface area contributed by atoms with Gasteiger partial charge in [0.2, 0.25) is 5.91 Å².